The van der Waals surface area contributed by atoms with Crippen LogP contribution in [0.1, 0.15) is 12.8 Å². The summed E-state index contributed by atoms with van der Waals surface area (Å²) in [5.41, 5.74) is 0.689. The average molecular weight is 285 g/mol. The van der Waals surface area contributed by atoms with Gasteiger partial charge in [-0.25, -0.2) is 0 Å². The van der Waals surface area contributed by atoms with E-state index in [2.05, 4.69) is 25.4 Å². The van der Waals surface area contributed by atoms with Crippen LogP contribution in [0.4, 0.5) is 5.95 Å². The molecule has 2 aliphatic rings. The molecule has 0 radical (unpaired) electrons. The lowest BCUT2D eigenvalue weighted by Crippen LogP contribution is -2.45. The number of hydrogen-bond acceptors (Lipinski definition) is 5. The molecule has 2 aromatic rings. The lowest BCUT2D eigenvalue weighted by molar-refractivity contribution is 0.381. The maximum atomic E-state index is 9.92. The van der Waals surface area contributed by atoms with Crippen LogP contribution in [-0.4, -0.2) is 46.0 Å². The molecule has 3 heterocycles. The van der Waals surface area contributed by atoms with Crippen LogP contribution < -0.4 is 10.2 Å². The molecule has 21 heavy (non-hydrogen) atoms. The monoisotopic (exact) mass is 285 g/mol. The smallest absolute Gasteiger partial charge is 0.245 e. The summed E-state index contributed by atoms with van der Waals surface area (Å²) in [7, 11) is 0. The molecular formula is C15H19N5O. The summed E-state index contributed by atoms with van der Waals surface area (Å²) in [4.78, 5) is 6.90. The van der Waals surface area contributed by atoms with Crippen molar-refractivity contribution in [1.82, 2.24) is 20.5 Å². The highest BCUT2D eigenvalue weighted by Gasteiger charge is 2.36. The van der Waals surface area contributed by atoms with Crippen LogP contribution in [0.5, 0.6) is 5.75 Å². The molecule has 1 aromatic heterocycles. The van der Waals surface area contributed by atoms with Gasteiger partial charge in [-0.1, -0.05) is 12.1 Å². The normalized spacial score (nSPS) is 25.0. The van der Waals surface area contributed by atoms with Gasteiger partial charge < -0.3 is 15.3 Å². The number of piperidine rings is 1. The molecule has 0 amide bonds. The van der Waals surface area contributed by atoms with E-state index in [4.69, 9.17) is 0 Å². The fourth-order valence-electron chi connectivity index (χ4n) is 3.49. The van der Waals surface area contributed by atoms with Gasteiger partial charge in [-0.15, -0.1) is 5.10 Å². The molecule has 2 unspecified atom stereocenters. The number of aromatic nitrogens is 3. The van der Waals surface area contributed by atoms with Gasteiger partial charge in [0.1, 0.15) is 5.75 Å². The van der Waals surface area contributed by atoms with Gasteiger partial charge in [-0.05, 0) is 30.9 Å². The van der Waals surface area contributed by atoms with E-state index in [-0.39, 0.29) is 5.75 Å². The van der Waals surface area contributed by atoms with Crippen molar-refractivity contribution in [2.45, 2.75) is 18.9 Å². The number of anilines is 1. The first-order valence-electron chi connectivity index (χ1n) is 7.51. The van der Waals surface area contributed by atoms with Crippen LogP contribution in [-0.2, 0) is 0 Å². The maximum absolute atomic E-state index is 9.92. The van der Waals surface area contributed by atoms with E-state index in [0.717, 1.165) is 25.6 Å². The molecular weight excluding hydrogens is 266 g/mol. The average Bonchev–Trinajstić information content (AvgIpc) is 3.16. The Hall–Kier alpha value is -2.08. The number of aromatic hydroxyl groups is 1. The number of aromatic amines is 1. The minimum atomic E-state index is 0.222. The number of rotatable bonds is 2. The number of phenols is 1. The first kappa shape index (κ1) is 12.6. The van der Waals surface area contributed by atoms with Gasteiger partial charge in [-0.2, -0.15) is 4.98 Å². The Labute approximate surface area is 123 Å². The zero-order chi connectivity index (χ0) is 14.2. The highest BCUT2D eigenvalue weighted by molar-refractivity contribution is 5.64. The third-order valence-corrected chi connectivity index (χ3v) is 4.57. The van der Waals surface area contributed by atoms with Gasteiger partial charge in [0, 0.05) is 25.7 Å². The van der Waals surface area contributed by atoms with Crippen molar-refractivity contribution in [2.75, 3.05) is 24.5 Å². The number of benzene rings is 1. The fourth-order valence-corrected chi connectivity index (χ4v) is 3.49. The van der Waals surface area contributed by atoms with Crippen molar-refractivity contribution in [3.05, 3.63) is 24.3 Å². The Morgan fingerprint density at radius 1 is 1.24 bits per heavy atom. The number of fused-ring (bicyclic) bond motifs is 1. The van der Waals surface area contributed by atoms with E-state index in [1.54, 1.807) is 12.1 Å². The molecule has 6 heteroatoms. The van der Waals surface area contributed by atoms with Gasteiger partial charge >= 0.3 is 0 Å². The van der Waals surface area contributed by atoms with Gasteiger partial charge in [0.05, 0.1) is 5.56 Å². The third-order valence-electron chi connectivity index (χ3n) is 4.57. The number of para-hydroxylation sites is 1. The summed E-state index contributed by atoms with van der Waals surface area (Å²) in [6.45, 7) is 3.10. The molecule has 0 spiro atoms. The summed E-state index contributed by atoms with van der Waals surface area (Å²) in [6.07, 6.45) is 2.47. The van der Waals surface area contributed by atoms with E-state index in [1.165, 1.54) is 12.8 Å². The van der Waals surface area contributed by atoms with E-state index in [0.29, 0.717) is 23.3 Å². The van der Waals surface area contributed by atoms with E-state index >= 15 is 0 Å². The summed E-state index contributed by atoms with van der Waals surface area (Å²) in [5.74, 6) is 2.29. The van der Waals surface area contributed by atoms with Crippen LogP contribution in [0.3, 0.4) is 0 Å². The number of phenolic OH excluding ortho intramolecular Hbond substituents is 1. The number of nitrogens with zero attached hydrogens (tertiary/aromatic N) is 3. The van der Waals surface area contributed by atoms with E-state index in [1.807, 2.05) is 12.1 Å². The molecule has 0 aliphatic carbocycles. The topological polar surface area (TPSA) is 77.1 Å². The zero-order valence-corrected chi connectivity index (χ0v) is 11.8. The predicted octanol–water partition coefficient (Wildman–Crippen LogP) is 1.37. The largest absolute Gasteiger partial charge is 0.507 e. The molecule has 2 aliphatic heterocycles. The lowest BCUT2D eigenvalue weighted by Gasteiger charge is -2.36. The Balaban J connectivity index is 1.64. The second-order valence-corrected chi connectivity index (χ2v) is 5.82. The van der Waals surface area contributed by atoms with Crippen LogP contribution in [0.25, 0.3) is 11.4 Å². The molecule has 2 atom stereocenters. The second kappa shape index (κ2) is 5.04. The fraction of sp³-hybridized carbons (Fsp3) is 0.467. The summed E-state index contributed by atoms with van der Waals surface area (Å²) < 4.78 is 0. The van der Waals surface area contributed by atoms with Crippen molar-refractivity contribution in [3.63, 3.8) is 0 Å². The highest BCUT2D eigenvalue weighted by atomic mass is 16.3. The molecule has 0 bridgehead atoms. The Morgan fingerprint density at radius 2 is 2.14 bits per heavy atom. The molecule has 3 N–H and O–H groups in total. The Kier molecular flexibility index (Phi) is 3.03. The van der Waals surface area contributed by atoms with Crippen LogP contribution in [0.15, 0.2) is 24.3 Å². The Morgan fingerprint density at radius 3 is 3.05 bits per heavy atom. The SMILES string of the molecule is Oc1ccccc1-c1nc(N2CCCC3CNCC32)n[nH]1. The molecule has 0 saturated carbocycles. The summed E-state index contributed by atoms with van der Waals surface area (Å²) >= 11 is 0. The standard InChI is InChI=1S/C15H19N5O/c21-13-6-2-1-5-11(13)14-17-15(19-18-14)20-7-3-4-10-8-16-9-12(10)20/h1-2,5-6,10,12,16,21H,3-4,7-9H2,(H,17,18,19). The minimum Gasteiger partial charge on any atom is -0.507 e. The molecule has 6 nitrogen and oxygen atoms in total. The van der Waals surface area contributed by atoms with Crippen LogP contribution >= 0.6 is 0 Å². The number of hydrogen-bond donors (Lipinski definition) is 3. The van der Waals surface area contributed by atoms with Gasteiger partial charge in [0.2, 0.25) is 5.95 Å². The predicted molar refractivity (Wildman–Crippen MR) is 80.2 cm³/mol. The first-order valence-corrected chi connectivity index (χ1v) is 7.51. The lowest BCUT2D eigenvalue weighted by atomic mass is 9.92. The molecule has 1 aromatic carbocycles. The quantitative estimate of drug-likeness (QED) is 0.777. The second-order valence-electron chi connectivity index (χ2n) is 5.82. The van der Waals surface area contributed by atoms with E-state index in [9.17, 15) is 5.11 Å². The first-order chi connectivity index (χ1) is 10.3. The zero-order valence-electron chi connectivity index (χ0n) is 11.8. The van der Waals surface area contributed by atoms with Crippen LogP contribution in [0, 0.1) is 5.92 Å². The molecule has 2 saturated heterocycles. The van der Waals surface area contributed by atoms with Crippen molar-refractivity contribution in [1.29, 1.82) is 0 Å². The molecule has 2 fully saturated rings. The van der Waals surface area contributed by atoms with Gasteiger partial charge in [0.15, 0.2) is 5.82 Å². The minimum absolute atomic E-state index is 0.222. The highest BCUT2D eigenvalue weighted by Crippen LogP contribution is 2.31. The third kappa shape index (κ3) is 2.15. The van der Waals surface area contributed by atoms with Crippen molar-refractivity contribution >= 4 is 5.95 Å². The summed E-state index contributed by atoms with van der Waals surface area (Å²) in [5, 5.41) is 20.7. The van der Waals surface area contributed by atoms with Crippen molar-refractivity contribution in [2.24, 2.45) is 5.92 Å². The number of H-pyrrole nitrogens is 1. The van der Waals surface area contributed by atoms with Crippen LogP contribution in [0.2, 0.25) is 0 Å². The van der Waals surface area contributed by atoms with E-state index < -0.39 is 0 Å². The summed E-state index contributed by atoms with van der Waals surface area (Å²) in [6, 6.07) is 7.68. The van der Waals surface area contributed by atoms with Crippen molar-refractivity contribution < 1.29 is 5.11 Å². The molecule has 110 valence electrons. The van der Waals surface area contributed by atoms with Crippen molar-refractivity contribution in [3.8, 4) is 17.1 Å². The van der Waals surface area contributed by atoms with Gasteiger partial charge in [0.25, 0.3) is 0 Å². The Bertz CT molecular complexity index is 640. The number of nitrogens with one attached hydrogen (secondary N) is 2. The molecule has 4 rings (SSSR count). The maximum Gasteiger partial charge on any atom is 0.245 e. The van der Waals surface area contributed by atoms with Gasteiger partial charge in [-0.3, -0.25) is 5.10 Å².